The van der Waals surface area contributed by atoms with E-state index in [4.69, 9.17) is 0 Å². The average molecular weight is 277 g/mol. The van der Waals surface area contributed by atoms with Crippen LogP contribution in [0.5, 0.6) is 0 Å². The fourth-order valence-electron chi connectivity index (χ4n) is 1.97. The molecule has 1 amide bonds. The van der Waals surface area contributed by atoms with Crippen LogP contribution < -0.4 is 0 Å². The van der Waals surface area contributed by atoms with E-state index < -0.39 is 0 Å². The molecule has 0 aliphatic heterocycles. The van der Waals surface area contributed by atoms with Crippen LogP contribution in [-0.2, 0) is 20.7 Å². The second kappa shape index (κ2) is 9.13. The predicted octanol–water partition coefficient (Wildman–Crippen LogP) is 2.42. The van der Waals surface area contributed by atoms with Gasteiger partial charge in [0.15, 0.2) is 0 Å². The fraction of sp³-hybridized carbons (Fsp3) is 0.500. The van der Waals surface area contributed by atoms with Crippen LogP contribution in [0.1, 0.15) is 31.7 Å². The number of esters is 1. The van der Waals surface area contributed by atoms with E-state index in [1.807, 2.05) is 37.3 Å². The molecule has 0 aromatic heterocycles. The van der Waals surface area contributed by atoms with Crippen LogP contribution in [0, 0.1) is 0 Å². The number of methoxy groups -OCH3 is 1. The van der Waals surface area contributed by atoms with Gasteiger partial charge in [0.25, 0.3) is 0 Å². The number of ether oxygens (including phenoxy) is 1. The summed E-state index contributed by atoms with van der Waals surface area (Å²) in [5, 5.41) is 0. The van der Waals surface area contributed by atoms with Crippen molar-refractivity contribution in [1.29, 1.82) is 0 Å². The first-order valence-electron chi connectivity index (χ1n) is 7.06. The van der Waals surface area contributed by atoms with Gasteiger partial charge >= 0.3 is 5.97 Å². The molecule has 1 aromatic carbocycles. The smallest absolute Gasteiger partial charge is 0.307 e. The van der Waals surface area contributed by atoms with E-state index in [1.165, 1.54) is 12.7 Å². The van der Waals surface area contributed by atoms with Crippen molar-refractivity contribution in [3.8, 4) is 0 Å². The third-order valence-electron chi connectivity index (χ3n) is 3.14. The van der Waals surface area contributed by atoms with Crippen molar-refractivity contribution in [2.45, 2.75) is 32.6 Å². The molecule has 0 unspecified atom stereocenters. The summed E-state index contributed by atoms with van der Waals surface area (Å²) in [6.07, 6.45) is 2.40. The summed E-state index contributed by atoms with van der Waals surface area (Å²) in [5.41, 5.74) is 1.19. The normalized spacial score (nSPS) is 10.1. The van der Waals surface area contributed by atoms with Gasteiger partial charge in [-0.3, -0.25) is 9.59 Å². The van der Waals surface area contributed by atoms with E-state index >= 15 is 0 Å². The Morgan fingerprint density at radius 2 is 1.80 bits per heavy atom. The largest absolute Gasteiger partial charge is 0.469 e. The van der Waals surface area contributed by atoms with Gasteiger partial charge in [-0.25, -0.2) is 0 Å². The second-order valence-corrected chi connectivity index (χ2v) is 4.69. The second-order valence-electron chi connectivity index (χ2n) is 4.69. The third kappa shape index (κ3) is 5.87. The summed E-state index contributed by atoms with van der Waals surface area (Å²) in [6.45, 7) is 3.05. The SMILES string of the molecule is CCCC(=O)N(CCC(=O)OC)CCc1ccccc1. The molecule has 0 fully saturated rings. The predicted molar refractivity (Wildman–Crippen MR) is 78.3 cm³/mol. The van der Waals surface area contributed by atoms with Crippen LogP contribution >= 0.6 is 0 Å². The van der Waals surface area contributed by atoms with Crippen LogP contribution in [0.4, 0.5) is 0 Å². The molecule has 0 heterocycles. The van der Waals surface area contributed by atoms with Gasteiger partial charge in [-0.05, 0) is 18.4 Å². The van der Waals surface area contributed by atoms with E-state index in [9.17, 15) is 9.59 Å². The van der Waals surface area contributed by atoms with E-state index in [0.29, 0.717) is 19.5 Å². The molecule has 0 saturated carbocycles. The van der Waals surface area contributed by atoms with Crippen LogP contribution in [0.15, 0.2) is 30.3 Å². The topological polar surface area (TPSA) is 46.6 Å². The molecule has 0 radical (unpaired) electrons. The molecule has 1 rings (SSSR count). The molecule has 4 heteroatoms. The number of amides is 1. The Morgan fingerprint density at radius 3 is 2.40 bits per heavy atom. The lowest BCUT2D eigenvalue weighted by atomic mass is 10.1. The number of hydrogen-bond acceptors (Lipinski definition) is 3. The first-order valence-corrected chi connectivity index (χ1v) is 7.06. The Bertz CT molecular complexity index is 417. The molecule has 0 bridgehead atoms. The van der Waals surface area contributed by atoms with E-state index in [0.717, 1.165) is 12.8 Å². The Labute approximate surface area is 120 Å². The lowest BCUT2D eigenvalue weighted by Gasteiger charge is -2.22. The maximum Gasteiger partial charge on any atom is 0.307 e. The van der Waals surface area contributed by atoms with Gasteiger partial charge in [0, 0.05) is 19.5 Å². The van der Waals surface area contributed by atoms with Crippen LogP contribution in [-0.4, -0.2) is 37.0 Å². The van der Waals surface area contributed by atoms with Gasteiger partial charge in [-0.1, -0.05) is 37.3 Å². The Kier molecular flexibility index (Phi) is 7.40. The highest BCUT2D eigenvalue weighted by Crippen LogP contribution is 2.05. The lowest BCUT2D eigenvalue weighted by molar-refractivity contribution is -0.141. The van der Waals surface area contributed by atoms with Crippen molar-refractivity contribution in [2.24, 2.45) is 0 Å². The minimum atomic E-state index is -0.279. The number of benzene rings is 1. The fourth-order valence-corrected chi connectivity index (χ4v) is 1.97. The number of carbonyl (C=O) groups excluding carboxylic acids is 2. The van der Waals surface area contributed by atoms with Crippen LogP contribution in [0.3, 0.4) is 0 Å². The standard InChI is InChI=1S/C16H23NO3/c1-3-7-15(18)17(13-11-16(19)20-2)12-10-14-8-5-4-6-9-14/h4-6,8-9H,3,7,10-13H2,1-2H3. The Hall–Kier alpha value is -1.84. The van der Waals surface area contributed by atoms with Crippen LogP contribution in [0.2, 0.25) is 0 Å². The molecule has 20 heavy (non-hydrogen) atoms. The van der Waals surface area contributed by atoms with Crippen molar-refractivity contribution in [3.05, 3.63) is 35.9 Å². The van der Waals surface area contributed by atoms with E-state index in [1.54, 1.807) is 4.90 Å². The number of nitrogens with zero attached hydrogens (tertiary/aromatic N) is 1. The van der Waals surface area contributed by atoms with Crippen molar-refractivity contribution < 1.29 is 14.3 Å². The first-order chi connectivity index (χ1) is 9.67. The van der Waals surface area contributed by atoms with Crippen molar-refractivity contribution in [3.63, 3.8) is 0 Å². The van der Waals surface area contributed by atoms with Crippen molar-refractivity contribution >= 4 is 11.9 Å². The molecular weight excluding hydrogens is 254 g/mol. The first kappa shape index (κ1) is 16.2. The Morgan fingerprint density at radius 1 is 1.10 bits per heavy atom. The molecule has 0 saturated heterocycles. The lowest BCUT2D eigenvalue weighted by Crippen LogP contribution is -2.34. The van der Waals surface area contributed by atoms with Gasteiger partial charge in [-0.15, -0.1) is 0 Å². The highest BCUT2D eigenvalue weighted by Gasteiger charge is 2.14. The highest BCUT2D eigenvalue weighted by molar-refractivity contribution is 5.77. The molecule has 0 aliphatic rings. The zero-order chi connectivity index (χ0) is 14.8. The molecule has 1 aromatic rings. The monoisotopic (exact) mass is 277 g/mol. The van der Waals surface area contributed by atoms with Crippen molar-refractivity contribution in [1.82, 2.24) is 4.90 Å². The maximum absolute atomic E-state index is 12.0. The highest BCUT2D eigenvalue weighted by atomic mass is 16.5. The van der Waals surface area contributed by atoms with Crippen LogP contribution in [0.25, 0.3) is 0 Å². The third-order valence-corrected chi connectivity index (χ3v) is 3.14. The summed E-state index contributed by atoms with van der Waals surface area (Å²) in [6, 6.07) is 10.0. The number of carbonyl (C=O) groups is 2. The molecule has 0 spiro atoms. The molecular formula is C16H23NO3. The number of hydrogen-bond donors (Lipinski definition) is 0. The van der Waals surface area contributed by atoms with Gasteiger partial charge < -0.3 is 9.64 Å². The molecule has 4 nitrogen and oxygen atoms in total. The zero-order valence-electron chi connectivity index (χ0n) is 12.3. The van der Waals surface area contributed by atoms with Gasteiger partial charge in [0.05, 0.1) is 13.5 Å². The summed E-state index contributed by atoms with van der Waals surface area (Å²) in [7, 11) is 1.37. The molecule has 0 N–H and O–H groups in total. The Balaban J connectivity index is 2.53. The average Bonchev–Trinajstić information content (AvgIpc) is 2.48. The van der Waals surface area contributed by atoms with Gasteiger partial charge in [0.2, 0.25) is 5.91 Å². The quantitative estimate of drug-likeness (QED) is 0.686. The minimum Gasteiger partial charge on any atom is -0.469 e. The van der Waals surface area contributed by atoms with E-state index in [-0.39, 0.29) is 18.3 Å². The zero-order valence-corrected chi connectivity index (χ0v) is 12.3. The molecule has 110 valence electrons. The molecule has 0 aliphatic carbocycles. The summed E-state index contributed by atoms with van der Waals surface area (Å²) in [4.78, 5) is 25.0. The number of rotatable bonds is 8. The van der Waals surface area contributed by atoms with E-state index in [2.05, 4.69) is 4.74 Å². The van der Waals surface area contributed by atoms with Gasteiger partial charge in [-0.2, -0.15) is 0 Å². The maximum atomic E-state index is 12.0. The van der Waals surface area contributed by atoms with Gasteiger partial charge in [0.1, 0.15) is 0 Å². The summed E-state index contributed by atoms with van der Waals surface area (Å²) >= 11 is 0. The van der Waals surface area contributed by atoms with Crippen molar-refractivity contribution in [2.75, 3.05) is 20.2 Å². The summed E-state index contributed by atoms with van der Waals surface area (Å²) < 4.78 is 4.63. The summed E-state index contributed by atoms with van der Waals surface area (Å²) in [5.74, 6) is -0.175. The molecule has 0 atom stereocenters. The minimum absolute atomic E-state index is 0.104.